The smallest absolute Gasteiger partial charge is 0.146 e. The van der Waals surface area contributed by atoms with Crippen molar-refractivity contribution in [1.82, 2.24) is 19.6 Å². The lowest BCUT2D eigenvalue weighted by atomic mass is 10.2. The van der Waals surface area contributed by atoms with Gasteiger partial charge in [-0.05, 0) is 13.3 Å². The van der Waals surface area contributed by atoms with E-state index in [-0.39, 0.29) is 0 Å². The number of rotatable bonds is 3. The van der Waals surface area contributed by atoms with E-state index in [4.69, 9.17) is 5.26 Å². The van der Waals surface area contributed by atoms with Crippen LogP contribution in [-0.2, 0) is 20.5 Å². The molecule has 0 amide bonds. The molecule has 2 heterocycles. The first kappa shape index (κ1) is 12.2. The molecule has 0 fully saturated rings. The van der Waals surface area contributed by atoms with Gasteiger partial charge in [-0.3, -0.25) is 9.36 Å². The molecule has 0 atom stereocenters. The fourth-order valence-electron chi connectivity index (χ4n) is 1.96. The number of hydrogen-bond donors (Lipinski definition) is 1. The zero-order valence-electron chi connectivity index (χ0n) is 11.0. The topological polar surface area (TPSA) is 71.5 Å². The summed E-state index contributed by atoms with van der Waals surface area (Å²) >= 11 is 0. The van der Waals surface area contributed by atoms with Gasteiger partial charge in [0.15, 0.2) is 0 Å². The van der Waals surface area contributed by atoms with Gasteiger partial charge in [-0.25, -0.2) is 0 Å². The highest BCUT2D eigenvalue weighted by Crippen LogP contribution is 2.24. The molecule has 2 aromatic rings. The number of nitrogens with one attached hydrogen (secondary N) is 1. The van der Waals surface area contributed by atoms with E-state index in [1.807, 2.05) is 34.1 Å². The molecule has 94 valence electrons. The van der Waals surface area contributed by atoms with Gasteiger partial charge in [0.1, 0.15) is 17.5 Å². The zero-order valence-corrected chi connectivity index (χ0v) is 11.0. The van der Waals surface area contributed by atoms with Gasteiger partial charge in [-0.1, -0.05) is 6.92 Å². The van der Waals surface area contributed by atoms with E-state index in [0.717, 1.165) is 23.5 Å². The van der Waals surface area contributed by atoms with Gasteiger partial charge in [0.2, 0.25) is 0 Å². The van der Waals surface area contributed by atoms with Crippen LogP contribution in [0.15, 0.2) is 6.20 Å². The van der Waals surface area contributed by atoms with Crippen molar-refractivity contribution in [2.24, 2.45) is 14.1 Å². The van der Waals surface area contributed by atoms with Crippen LogP contribution in [0.5, 0.6) is 0 Å². The number of anilines is 2. The Labute approximate surface area is 106 Å². The summed E-state index contributed by atoms with van der Waals surface area (Å²) in [5.41, 5.74) is 3.19. The van der Waals surface area contributed by atoms with E-state index in [1.54, 1.807) is 9.36 Å². The lowest BCUT2D eigenvalue weighted by Gasteiger charge is -2.06. The minimum absolute atomic E-state index is 0.573. The van der Waals surface area contributed by atoms with Crippen LogP contribution in [0.2, 0.25) is 0 Å². The second kappa shape index (κ2) is 4.53. The number of nitrogens with zero attached hydrogens (tertiary/aromatic N) is 5. The van der Waals surface area contributed by atoms with Gasteiger partial charge < -0.3 is 5.32 Å². The quantitative estimate of drug-likeness (QED) is 0.891. The van der Waals surface area contributed by atoms with E-state index in [9.17, 15) is 0 Å². The predicted molar refractivity (Wildman–Crippen MR) is 68.5 cm³/mol. The van der Waals surface area contributed by atoms with Crippen LogP contribution in [0.1, 0.15) is 23.9 Å². The summed E-state index contributed by atoms with van der Waals surface area (Å²) in [5.74, 6) is 0.706. The molecule has 0 aliphatic heterocycles. The third-order valence-electron chi connectivity index (χ3n) is 2.83. The largest absolute Gasteiger partial charge is 0.337 e. The first-order valence-corrected chi connectivity index (χ1v) is 5.80. The molecule has 0 bridgehead atoms. The highest BCUT2D eigenvalue weighted by Gasteiger charge is 2.15. The number of hydrogen-bond acceptors (Lipinski definition) is 4. The van der Waals surface area contributed by atoms with Gasteiger partial charge in [0.05, 0.1) is 17.1 Å². The minimum atomic E-state index is 0.573. The Morgan fingerprint density at radius 2 is 2.11 bits per heavy atom. The molecule has 0 saturated heterocycles. The van der Waals surface area contributed by atoms with Gasteiger partial charge in [0.25, 0.3) is 0 Å². The molecule has 6 heteroatoms. The van der Waals surface area contributed by atoms with Crippen LogP contribution in [0.3, 0.4) is 0 Å². The second-order valence-electron chi connectivity index (χ2n) is 4.19. The molecule has 0 aliphatic rings. The van der Waals surface area contributed by atoms with E-state index < -0.39 is 0 Å². The maximum absolute atomic E-state index is 9.16. The van der Waals surface area contributed by atoms with Crippen LogP contribution in [0, 0.1) is 18.3 Å². The summed E-state index contributed by atoms with van der Waals surface area (Å²) in [6.07, 6.45) is 2.74. The minimum Gasteiger partial charge on any atom is -0.337 e. The Balaban J connectivity index is 2.43. The normalized spacial score (nSPS) is 10.4. The van der Waals surface area contributed by atoms with E-state index in [2.05, 4.69) is 21.6 Å². The molecule has 2 aromatic heterocycles. The Morgan fingerprint density at radius 1 is 1.39 bits per heavy atom. The number of aromatic nitrogens is 4. The fraction of sp³-hybridized carbons (Fsp3) is 0.417. The second-order valence-corrected chi connectivity index (χ2v) is 4.19. The summed E-state index contributed by atoms with van der Waals surface area (Å²) in [6.45, 7) is 3.88. The van der Waals surface area contributed by atoms with Gasteiger partial charge in [0, 0.05) is 20.3 Å². The van der Waals surface area contributed by atoms with Gasteiger partial charge in [-0.15, -0.1) is 0 Å². The van der Waals surface area contributed by atoms with E-state index in [0.29, 0.717) is 11.4 Å². The molecule has 0 radical (unpaired) electrons. The lowest BCUT2D eigenvalue weighted by molar-refractivity contribution is 0.746. The van der Waals surface area contributed by atoms with E-state index >= 15 is 0 Å². The number of aryl methyl sites for hydroxylation is 4. The fourth-order valence-corrected chi connectivity index (χ4v) is 1.96. The van der Waals surface area contributed by atoms with Crippen LogP contribution in [0.4, 0.5) is 11.5 Å². The summed E-state index contributed by atoms with van der Waals surface area (Å²) in [6, 6.07) is 2.18. The molecule has 2 rings (SSSR count). The van der Waals surface area contributed by atoms with Crippen LogP contribution < -0.4 is 5.32 Å². The monoisotopic (exact) mass is 244 g/mol. The summed E-state index contributed by atoms with van der Waals surface area (Å²) < 4.78 is 3.44. The van der Waals surface area contributed by atoms with Crippen LogP contribution >= 0.6 is 0 Å². The standard InChI is InChI=1S/C12H16N6/c1-5-10-11(7-17(3)16-10)14-12-9(6-13)8(2)15-18(12)4/h7,14H,5H2,1-4H3. The van der Waals surface area contributed by atoms with Crippen molar-refractivity contribution < 1.29 is 0 Å². The maximum Gasteiger partial charge on any atom is 0.146 e. The Kier molecular flexibility index (Phi) is 3.06. The van der Waals surface area contributed by atoms with Crippen molar-refractivity contribution in [3.05, 3.63) is 23.1 Å². The van der Waals surface area contributed by atoms with Crippen molar-refractivity contribution in [2.45, 2.75) is 20.3 Å². The maximum atomic E-state index is 9.16. The lowest BCUT2D eigenvalue weighted by Crippen LogP contribution is -2.01. The zero-order chi connectivity index (χ0) is 13.3. The van der Waals surface area contributed by atoms with Crippen molar-refractivity contribution in [3.63, 3.8) is 0 Å². The highest BCUT2D eigenvalue weighted by molar-refractivity contribution is 5.65. The average molecular weight is 244 g/mol. The molecule has 1 N–H and O–H groups in total. The molecule has 0 spiro atoms. The van der Waals surface area contributed by atoms with Gasteiger partial charge >= 0.3 is 0 Å². The molecule has 0 saturated carbocycles. The van der Waals surface area contributed by atoms with Crippen LogP contribution in [0.25, 0.3) is 0 Å². The van der Waals surface area contributed by atoms with E-state index in [1.165, 1.54) is 0 Å². The average Bonchev–Trinajstić information content (AvgIpc) is 2.80. The van der Waals surface area contributed by atoms with Crippen LogP contribution in [-0.4, -0.2) is 19.6 Å². The molecule has 0 aromatic carbocycles. The highest BCUT2D eigenvalue weighted by atomic mass is 15.3. The molecule has 18 heavy (non-hydrogen) atoms. The van der Waals surface area contributed by atoms with Crippen molar-refractivity contribution in [3.8, 4) is 6.07 Å². The molecular formula is C12H16N6. The summed E-state index contributed by atoms with van der Waals surface area (Å²) in [5, 5.41) is 21.0. The van der Waals surface area contributed by atoms with Crippen molar-refractivity contribution in [2.75, 3.05) is 5.32 Å². The summed E-state index contributed by atoms with van der Waals surface area (Å²) in [4.78, 5) is 0. The molecule has 0 unspecified atom stereocenters. The third kappa shape index (κ3) is 1.95. The summed E-state index contributed by atoms with van der Waals surface area (Å²) in [7, 11) is 3.70. The SMILES string of the molecule is CCc1nn(C)cc1Nc1c(C#N)c(C)nn1C. The Hall–Kier alpha value is -2.29. The van der Waals surface area contributed by atoms with Gasteiger partial charge in [-0.2, -0.15) is 15.5 Å². The predicted octanol–water partition coefficient (Wildman–Crippen LogP) is 1.64. The number of nitriles is 1. The first-order chi connectivity index (χ1) is 8.56. The molecule has 6 nitrogen and oxygen atoms in total. The first-order valence-electron chi connectivity index (χ1n) is 5.80. The molecular weight excluding hydrogens is 228 g/mol. The molecule has 0 aliphatic carbocycles. The van der Waals surface area contributed by atoms with Crippen molar-refractivity contribution in [1.29, 1.82) is 5.26 Å². The Morgan fingerprint density at radius 3 is 2.72 bits per heavy atom. The Bertz CT molecular complexity index is 613. The van der Waals surface area contributed by atoms with Crippen molar-refractivity contribution >= 4 is 11.5 Å². The third-order valence-corrected chi connectivity index (χ3v) is 2.83.